The zero-order chi connectivity index (χ0) is 30.8. The molecule has 1 N–H and O–H groups in total. The smallest absolute Gasteiger partial charge is 0.327 e. The number of carbonyl (C=O) groups excluding carboxylic acids is 2. The molecule has 1 saturated heterocycles. The molecule has 3 aromatic carbocycles. The first-order chi connectivity index (χ1) is 20.8. The average Bonchev–Trinajstić information content (AvgIpc) is 3.04. The van der Waals surface area contributed by atoms with Crippen molar-refractivity contribution in [3.8, 4) is 11.1 Å². The number of rotatable bonds is 11. The molecule has 1 unspecified atom stereocenters. The summed E-state index contributed by atoms with van der Waals surface area (Å²) in [6, 6.07) is 22.0. The normalized spacial score (nSPS) is 14.8. The first-order valence-corrected chi connectivity index (χ1v) is 14.2. The SMILES string of the molecule is C=C/C=C(\C=C/C(=C)NC(=O)c1cc(C)ccc1-c1ccc(CF)cc1)N1CCN(C(C(=O)OC)c2ccccc2)CC1. The number of hydrogen-bond acceptors (Lipinski definition) is 5. The summed E-state index contributed by atoms with van der Waals surface area (Å²) in [4.78, 5) is 30.4. The predicted octanol–water partition coefficient (Wildman–Crippen LogP) is 6.53. The monoisotopic (exact) mass is 579 g/mol. The molecule has 1 aliphatic rings. The molecule has 43 heavy (non-hydrogen) atoms. The lowest BCUT2D eigenvalue weighted by Crippen LogP contribution is -2.48. The third-order valence-electron chi connectivity index (χ3n) is 7.44. The molecule has 0 aromatic heterocycles. The van der Waals surface area contributed by atoms with Gasteiger partial charge in [-0.15, -0.1) is 0 Å². The Morgan fingerprint density at radius 2 is 1.70 bits per heavy atom. The molecule has 7 heteroatoms. The lowest BCUT2D eigenvalue weighted by Gasteiger charge is -2.39. The third kappa shape index (κ3) is 7.96. The van der Waals surface area contributed by atoms with Gasteiger partial charge in [-0.2, -0.15) is 0 Å². The molecule has 1 heterocycles. The Bertz CT molecular complexity index is 1500. The molecule has 1 aliphatic heterocycles. The van der Waals surface area contributed by atoms with Gasteiger partial charge in [0.2, 0.25) is 0 Å². The quantitative estimate of drug-likeness (QED) is 0.207. The van der Waals surface area contributed by atoms with Crippen LogP contribution < -0.4 is 5.32 Å². The van der Waals surface area contributed by atoms with Crippen LogP contribution in [0.5, 0.6) is 0 Å². The van der Waals surface area contributed by atoms with Gasteiger partial charge in [0, 0.05) is 43.1 Å². The molecule has 3 aromatic rings. The molecule has 0 aliphatic carbocycles. The van der Waals surface area contributed by atoms with Crippen LogP contribution in [-0.4, -0.2) is 55.0 Å². The summed E-state index contributed by atoms with van der Waals surface area (Å²) >= 11 is 0. The van der Waals surface area contributed by atoms with Crippen molar-refractivity contribution in [2.75, 3.05) is 33.3 Å². The number of carbonyl (C=O) groups is 2. The molecule has 1 fully saturated rings. The Kier molecular flexibility index (Phi) is 10.8. The van der Waals surface area contributed by atoms with Crippen molar-refractivity contribution in [2.24, 2.45) is 0 Å². The minimum absolute atomic E-state index is 0.276. The van der Waals surface area contributed by atoms with E-state index in [9.17, 15) is 14.0 Å². The van der Waals surface area contributed by atoms with Crippen LogP contribution in [0.1, 0.15) is 33.1 Å². The number of hydrogen-bond donors (Lipinski definition) is 1. The molecule has 0 radical (unpaired) electrons. The standard InChI is InChI=1S/C36H38FN3O3/c1-5-9-31(39-20-22-40(23-21-39)34(36(42)43-4)30-10-7-6-8-11-30)18-13-27(3)38-35(41)33-24-26(2)12-19-32(33)29-16-14-28(25-37)15-17-29/h5-19,24,34H,1,3,20-23,25H2,2,4H3,(H,38,41)/b18-13-,31-9+. The number of benzene rings is 3. The summed E-state index contributed by atoms with van der Waals surface area (Å²) in [5, 5.41) is 2.90. The molecule has 6 nitrogen and oxygen atoms in total. The van der Waals surface area contributed by atoms with Crippen molar-refractivity contribution in [3.63, 3.8) is 0 Å². The fraction of sp³-hybridized carbons (Fsp3) is 0.222. The number of methoxy groups -OCH3 is 1. The Morgan fingerprint density at radius 3 is 2.33 bits per heavy atom. The topological polar surface area (TPSA) is 61.9 Å². The van der Waals surface area contributed by atoms with E-state index in [0.29, 0.717) is 43.0 Å². The van der Waals surface area contributed by atoms with E-state index in [1.165, 1.54) is 7.11 Å². The fourth-order valence-electron chi connectivity index (χ4n) is 5.18. The van der Waals surface area contributed by atoms with Crippen LogP contribution in [-0.2, 0) is 16.2 Å². The van der Waals surface area contributed by atoms with Gasteiger partial charge < -0.3 is 15.0 Å². The van der Waals surface area contributed by atoms with E-state index in [1.807, 2.05) is 79.7 Å². The van der Waals surface area contributed by atoms with E-state index in [0.717, 1.165) is 28.0 Å². The maximum atomic E-state index is 13.3. The number of piperazine rings is 1. The van der Waals surface area contributed by atoms with Crippen LogP contribution in [0.2, 0.25) is 0 Å². The summed E-state index contributed by atoms with van der Waals surface area (Å²) in [6.45, 7) is 12.0. The molecular weight excluding hydrogens is 541 g/mol. The molecular formula is C36H38FN3O3. The van der Waals surface area contributed by atoms with Gasteiger partial charge in [0.05, 0.1) is 7.11 Å². The number of ether oxygens (including phenoxy) is 1. The van der Waals surface area contributed by atoms with Crippen molar-refractivity contribution >= 4 is 11.9 Å². The number of esters is 1. The van der Waals surface area contributed by atoms with Gasteiger partial charge in [0.25, 0.3) is 5.91 Å². The van der Waals surface area contributed by atoms with E-state index in [1.54, 1.807) is 24.3 Å². The van der Waals surface area contributed by atoms with Crippen molar-refractivity contribution < 1.29 is 18.7 Å². The maximum Gasteiger partial charge on any atom is 0.327 e. The Balaban J connectivity index is 1.43. The highest BCUT2D eigenvalue weighted by Crippen LogP contribution is 2.27. The molecule has 1 atom stereocenters. The Hall–Kier alpha value is -4.75. The first kappa shape index (κ1) is 31.2. The zero-order valence-electron chi connectivity index (χ0n) is 24.8. The molecule has 0 saturated carbocycles. The van der Waals surface area contributed by atoms with Gasteiger partial charge in [-0.1, -0.05) is 91.5 Å². The number of nitrogens with zero attached hydrogens (tertiary/aromatic N) is 2. The summed E-state index contributed by atoms with van der Waals surface area (Å²) in [5.74, 6) is -0.553. The van der Waals surface area contributed by atoms with Gasteiger partial charge >= 0.3 is 5.97 Å². The van der Waals surface area contributed by atoms with Crippen molar-refractivity contribution in [3.05, 3.63) is 144 Å². The predicted molar refractivity (Wildman–Crippen MR) is 170 cm³/mol. The minimum atomic E-state index is -0.534. The number of amides is 1. The number of alkyl halides is 1. The van der Waals surface area contributed by atoms with E-state index in [2.05, 4.69) is 28.3 Å². The summed E-state index contributed by atoms with van der Waals surface area (Å²) in [5.41, 5.74) is 5.91. The second-order valence-electron chi connectivity index (χ2n) is 10.4. The van der Waals surface area contributed by atoms with Gasteiger partial charge in [0.1, 0.15) is 12.7 Å². The number of halogens is 1. The zero-order valence-corrected chi connectivity index (χ0v) is 24.8. The maximum absolute atomic E-state index is 13.3. The van der Waals surface area contributed by atoms with E-state index in [-0.39, 0.29) is 11.9 Å². The molecule has 1 amide bonds. The van der Waals surface area contributed by atoms with Gasteiger partial charge in [-0.25, -0.2) is 9.18 Å². The minimum Gasteiger partial charge on any atom is -0.468 e. The Morgan fingerprint density at radius 1 is 1.00 bits per heavy atom. The van der Waals surface area contributed by atoms with Crippen LogP contribution in [0.3, 0.4) is 0 Å². The lowest BCUT2D eigenvalue weighted by atomic mass is 9.96. The largest absolute Gasteiger partial charge is 0.468 e. The van der Waals surface area contributed by atoms with Gasteiger partial charge in [-0.3, -0.25) is 9.69 Å². The molecule has 222 valence electrons. The van der Waals surface area contributed by atoms with E-state index < -0.39 is 12.7 Å². The van der Waals surface area contributed by atoms with Crippen LogP contribution in [0.4, 0.5) is 4.39 Å². The summed E-state index contributed by atoms with van der Waals surface area (Å²) in [6.07, 6.45) is 7.31. The number of nitrogens with one attached hydrogen (secondary N) is 1. The van der Waals surface area contributed by atoms with Crippen LogP contribution in [0.15, 0.2) is 122 Å². The fourth-order valence-corrected chi connectivity index (χ4v) is 5.18. The molecule has 0 spiro atoms. The van der Waals surface area contributed by atoms with Crippen LogP contribution >= 0.6 is 0 Å². The summed E-state index contributed by atoms with van der Waals surface area (Å²) in [7, 11) is 1.42. The first-order valence-electron chi connectivity index (χ1n) is 14.2. The van der Waals surface area contributed by atoms with Gasteiger partial charge in [-0.05, 0) is 53.5 Å². The highest BCUT2D eigenvalue weighted by Gasteiger charge is 2.31. The Labute approximate surface area is 253 Å². The second-order valence-corrected chi connectivity index (χ2v) is 10.4. The van der Waals surface area contributed by atoms with E-state index in [4.69, 9.17) is 4.74 Å². The summed E-state index contributed by atoms with van der Waals surface area (Å²) < 4.78 is 18.1. The second kappa shape index (κ2) is 14.9. The highest BCUT2D eigenvalue weighted by molar-refractivity contribution is 6.02. The molecule has 4 rings (SSSR count). The van der Waals surface area contributed by atoms with Crippen molar-refractivity contribution in [1.29, 1.82) is 0 Å². The molecule has 0 bridgehead atoms. The van der Waals surface area contributed by atoms with Crippen LogP contribution in [0, 0.1) is 6.92 Å². The average molecular weight is 580 g/mol. The van der Waals surface area contributed by atoms with Gasteiger partial charge in [0.15, 0.2) is 0 Å². The number of aryl methyl sites for hydroxylation is 1. The van der Waals surface area contributed by atoms with Crippen molar-refractivity contribution in [2.45, 2.75) is 19.6 Å². The van der Waals surface area contributed by atoms with Crippen molar-refractivity contribution in [1.82, 2.24) is 15.1 Å². The van der Waals surface area contributed by atoms with Crippen LogP contribution in [0.25, 0.3) is 11.1 Å². The third-order valence-corrected chi connectivity index (χ3v) is 7.44. The van der Waals surface area contributed by atoms with E-state index >= 15 is 0 Å². The lowest BCUT2D eigenvalue weighted by molar-refractivity contribution is -0.148. The highest BCUT2D eigenvalue weighted by atomic mass is 19.1. The number of allylic oxidation sites excluding steroid dienone is 4.